The minimum Gasteiger partial charge on any atom is -0.256 e. The molecule has 2 heterocycles. The number of hydrogen-bond donors (Lipinski definition) is 0. The zero-order valence-corrected chi connectivity index (χ0v) is 10.4. The monoisotopic (exact) mass is 318 g/mol. The van der Waals surface area contributed by atoms with Crippen LogP contribution in [0.25, 0.3) is 5.52 Å². The zero-order chi connectivity index (χ0) is 13.3. The molecule has 0 aliphatic heterocycles. The maximum atomic E-state index is 12.6. The topological polar surface area (TPSA) is 54.0 Å². The van der Waals surface area contributed by atoms with E-state index in [1.165, 1.54) is 12.4 Å². The first-order valence-corrected chi connectivity index (χ1v) is 5.96. The summed E-state index contributed by atoms with van der Waals surface area (Å²) >= 11 is 3.13. The summed E-state index contributed by atoms with van der Waals surface area (Å²) in [4.78, 5) is 3.96. The van der Waals surface area contributed by atoms with Crippen LogP contribution in [-0.4, -0.2) is 19.9 Å². The fourth-order valence-electron chi connectivity index (χ4n) is 1.52. The Bertz CT molecular complexity index is 614. The maximum absolute atomic E-state index is 12.6. The van der Waals surface area contributed by atoms with Gasteiger partial charge in [-0.15, -0.1) is 0 Å². The highest BCUT2D eigenvalue weighted by atomic mass is 79.9. The maximum Gasteiger partial charge on any atom is 0.435 e. The molecule has 1 unspecified atom stereocenters. The van der Waals surface area contributed by atoms with E-state index in [2.05, 4.69) is 26.0 Å². The normalized spacial score (nSPS) is 13.5. The molecule has 0 aliphatic rings. The van der Waals surface area contributed by atoms with E-state index < -0.39 is 17.8 Å². The van der Waals surface area contributed by atoms with Crippen molar-refractivity contribution in [3.63, 3.8) is 0 Å². The van der Waals surface area contributed by atoms with Crippen LogP contribution in [0.3, 0.4) is 0 Å². The van der Waals surface area contributed by atoms with Crippen molar-refractivity contribution in [2.45, 2.75) is 12.1 Å². The molecule has 0 radical (unpaired) electrons. The van der Waals surface area contributed by atoms with Crippen molar-refractivity contribution < 1.29 is 13.2 Å². The standard InChI is InChI=1S/C10H6BrF3N4/c11-4-6(5-15)9-7-3-8(10(12,13)14)17-18(7)2-1-16-9/h1-3,6H,4H2. The molecule has 0 saturated heterocycles. The summed E-state index contributed by atoms with van der Waals surface area (Å²) in [7, 11) is 0. The van der Waals surface area contributed by atoms with Crippen molar-refractivity contribution in [3.05, 3.63) is 29.8 Å². The average Bonchev–Trinajstić information content (AvgIpc) is 2.75. The third kappa shape index (κ3) is 2.18. The van der Waals surface area contributed by atoms with Gasteiger partial charge in [-0.2, -0.15) is 23.5 Å². The minimum atomic E-state index is -4.51. The smallest absolute Gasteiger partial charge is 0.256 e. The SMILES string of the molecule is N#CC(CBr)c1nccn2nc(C(F)(F)F)cc12. The molecule has 0 aliphatic carbocycles. The molecular formula is C10H6BrF3N4. The second kappa shape index (κ2) is 4.57. The van der Waals surface area contributed by atoms with E-state index in [1.54, 1.807) is 0 Å². The molecule has 0 spiro atoms. The Labute approximate surface area is 108 Å². The Morgan fingerprint density at radius 1 is 1.50 bits per heavy atom. The van der Waals surface area contributed by atoms with E-state index >= 15 is 0 Å². The van der Waals surface area contributed by atoms with Gasteiger partial charge < -0.3 is 0 Å². The molecule has 4 nitrogen and oxygen atoms in total. The Morgan fingerprint density at radius 3 is 2.78 bits per heavy atom. The van der Waals surface area contributed by atoms with Crippen molar-refractivity contribution >= 4 is 21.4 Å². The molecule has 2 aromatic rings. The molecule has 94 valence electrons. The number of alkyl halides is 4. The van der Waals surface area contributed by atoms with E-state index in [9.17, 15) is 13.2 Å². The van der Waals surface area contributed by atoms with Crippen LogP contribution in [-0.2, 0) is 6.18 Å². The second-order valence-electron chi connectivity index (χ2n) is 3.51. The van der Waals surface area contributed by atoms with Crippen LogP contribution in [0.1, 0.15) is 17.3 Å². The van der Waals surface area contributed by atoms with Crippen LogP contribution < -0.4 is 0 Å². The number of nitriles is 1. The molecule has 0 fully saturated rings. The van der Waals surface area contributed by atoms with Gasteiger partial charge in [-0.3, -0.25) is 4.98 Å². The number of fused-ring (bicyclic) bond motifs is 1. The predicted octanol–water partition coefficient (Wildman–Crippen LogP) is 2.75. The van der Waals surface area contributed by atoms with Gasteiger partial charge in [0.25, 0.3) is 0 Å². The molecular weight excluding hydrogens is 313 g/mol. The largest absolute Gasteiger partial charge is 0.435 e. The first-order chi connectivity index (χ1) is 8.47. The molecule has 2 aromatic heterocycles. The predicted molar refractivity (Wildman–Crippen MR) is 60.1 cm³/mol. The first kappa shape index (κ1) is 12.8. The second-order valence-corrected chi connectivity index (χ2v) is 4.15. The van der Waals surface area contributed by atoms with Crippen molar-refractivity contribution in [2.24, 2.45) is 0 Å². The molecule has 0 bridgehead atoms. The summed E-state index contributed by atoms with van der Waals surface area (Å²) < 4.78 is 38.7. The fraction of sp³-hybridized carbons (Fsp3) is 0.300. The van der Waals surface area contributed by atoms with Gasteiger partial charge in [-0.05, 0) is 6.07 Å². The lowest BCUT2D eigenvalue weighted by atomic mass is 10.1. The van der Waals surface area contributed by atoms with Crippen LogP contribution in [0.5, 0.6) is 0 Å². The van der Waals surface area contributed by atoms with E-state index in [4.69, 9.17) is 5.26 Å². The number of hydrogen-bond acceptors (Lipinski definition) is 3. The minimum absolute atomic E-state index is 0.191. The Kier molecular flexibility index (Phi) is 3.26. The summed E-state index contributed by atoms with van der Waals surface area (Å²) in [6, 6.07) is 2.87. The van der Waals surface area contributed by atoms with E-state index in [1.807, 2.05) is 6.07 Å². The van der Waals surface area contributed by atoms with Crippen molar-refractivity contribution in [2.75, 3.05) is 5.33 Å². The molecule has 0 aromatic carbocycles. The Hall–Kier alpha value is -1.62. The zero-order valence-electron chi connectivity index (χ0n) is 8.82. The lowest BCUT2D eigenvalue weighted by Crippen LogP contribution is -2.05. The van der Waals surface area contributed by atoms with Crippen molar-refractivity contribution in [1.82, 2.24) is 14.6 Å². The molecule has 2 rings (SSSR count). The summed E-state index contributed by atoms with van der Waals surface area (Å²) in [5.41, 5.74) is -0.529. The summed E-state index contributed by atoms with van der Waals surface area (Å²) in [6.07, 6.45) is -1.88. The van der Waals surface area contributed by atoms with Gasteiger partial charge in [0, 0.05) is 17.7 Å². The third-order valence-electron chi connectivity index (χ3n) is 2.35. The Balaban J connectivity index is 2.63. The van der Waals surface area contributed by atoms with Crippen LogP contribution in [0.2, 0.25) is 0 Å². The first-order valence-electron chi connectivity index (χ1n) is 4.84. The number of halogens is 4. The summed E-state index contributed by atoms with van der Waals surface area (Å²) in [6.45, 7) is 0. The number of nitrogens with zero attached hydrogens (tertiary/aromatic N) is 4. The lowest BCUT2D eigenvalue weighted by molar-refractivity contribution is -0.141. The van der Waals surface area contributed by atoms with Crippen molar-refractivity contribution in [1.29, 1.82) is 5.26 Å². The lowest BCUT2D eigenvalue weighted by Gasteiger charge is -2.05. The van der Waals surface area contributed by atoms with Gasteiger partial charge in [-0.25, -0.2) is 4.52 Å². The number of aromatic nitrogens is 3. The van der Waals surface area contributed by atoms with Gasteiger partial charge in [0.2, 0.25) is 0 Å². The van der Waals surface area contributed by atoms with Gasteiger partial charge in [0.05, 0.1) is 17.3 Å². The van der Waals surface area contributed by atoms with Gasteiger partial charge in [0.1, 0.15) is 5.92 Å². The van der Waals surface area contributed by atoms with Gasteiger partial charge in [-0.1, -0.05) is 15.9 Å². The molecule has 1 atom stereocenters. The molecule has 8 heteroatoms. The van der Waals surface area contributed by atoms with Crippen LogP contribution >= 0.6 is 15.9 Å². The van der Waals surface area contributed by atoms with E-state index in [-0.39, 0.29) is 11.2 Å². The molecule has 0 saturated carbocycles. The summed E-state index contributed by atoms with van der Waals surface area (Å²) in [5, 5.41) is 12.7. The van der Waals surface area contributed by atoms with Crippen LogP contribution in [0.4, 0.5) is 13.2 Å². The quantitative estimate of drug-likeness (QED) is 0.800. The van der Waals surface area contributed by atoms with E-state index in [0.717, 1.165) is 10.6 Å². The molecule has 18 heavy (non-hydrogen) atoms. The highest BCUT2D eigenvalue weighted by Crippen LogP contribution is 2.30. The van der Waals surface area contributed by atoms with Gasteiger partial charge >= 0.3 is 6.18 Å². The van der Waals surface area contributed by atoms with Crippen molar-refractivity contribution in [3.8, 4) is 6.07 Å². The average molecular weight is 319 g/mol. The molecule has 0 amide bonds. The third-order valence-corrected chi connectivity index (χ3v) is 3.00. The van der Waals surface area contributed by atoms with Gasteiger partial charge in [0.15, 0.2) is 5.69 Å². The highest BCUT2D eigenvalue weighted by Gasteiger charge is 2.34. The highest BCUT2D eigenvalue weighted by molar-refractivity contribution is 9.09. The van der Waals surface area contributed by atoms with E-state index in [0.29, 0.717) is 5.33 Å². The van der Waals surface area contributed by atoms with Crippen LogP contribution in [0, 0.1) is 11.3 Å². The molecule has 0 N–H and O–H groups in total. The number of rotatable bonds is 2. The fourth-order valence-corrected chi connectivity index (χ4v) is 1.97. The van der Waals surface area contributed by atoms with Crippen LogP contribution in [0.15, 0.2) is 18.5 Å². The summed E-state index contributed by atoms with van der Waals surface area (Å²) in [5.74, 6) is -0.619. The Morgan fingerprint density at radius 2 is 2.22 bits per heavy atom.